The zero-order valence-electron chi connectivity index (χ0n) is 6.74. The number of hydrogen-bond acceptors (Lipinski definition) is 4. The van der Waals surface area contributed by atoms with Crippen molar-refractivity contribution in [3.8, 4) is 0 Å². The van der Waals surface area contributed by atoms with Gasteiger partial charge in [0, 0.05) is 13.2 Å². The number of nitrogens with one attached hydrogen (secondary N) is 2. The van der Waals surface area contributed by atoms with Gasteiger partial charge in [-0.1, -0.05) is 0 Å². The molecule has 0 aromatic carbocycles. The van der Waals surface area contributed by atoms with Crippen molar-refractivity contribution in [3.05, 3.63) is 18.3 Å². The average Bonchev–Trinajstić information content (AvgIpc) is 2.16. The first-order valence-corrected chi connectivity index (χ1v) is 3.55. The Morgan fingerprint density at radius 2 is 2.50 bits per heavy atom. The molecule has 0 radical (unpaired) electrons. The zero-order chi connectivity index (χ0) is 8.81. The molecular formula is C7H10N4O. The van der Waals surface area contributed by atoms with Gasteiger partial charge in [0.05, 0.1) is 6.54 Å². The first-order chi connectivity index (χ1) is 5.83. The minimum Gasteiger partial charge on any atom is -0.360 e. The molecule has 1 rings (SSSR count). The molecule has 1 aromatic rings. The number of aromatic nitrogens is 2. The van der Waals surface area contributed by atoms with E-state index >= 15 is 0 Å². The molecule has 2 N–H and O–H groups in total. The standard InChI is InChI=1S/C7H10N4O/c1-8-7(12)5-9-6-3-2-4-10-11-6/h2-4H,5H2,1H3,(H,8,12)(H,9,11). The zero-order valence-corrected chi connectivity index (χ0v) is 6.74. The Labute approximate surface area is 70.2 Å². The van der Waals surface area contributed by atoms with Crippen molar-refractivity contribution in [1.29, 1.82) is 0 Å². The van der Waals surface area contributed by atoms with E-state index in [4.69, 9.17) is 0 Å². The molecule has 1 amide bonds. The fourth-order valence-corrected chi connectivity index (χ4v) is 0.655. The molecule has 0 atom stereocenters. The predicted octanol–water partition coefficient (Wildman–Crippen LogP) is -0.366. The highest BCUT2D eigenvalue weighted by molar-refractivity contribution is 5.79. The lowest BCUT2D eigenvalue weighted by atomic mass is 10.5. The van der Waals surface area contributed by atoms with E-state index in [1.54, 1.807) is 25.4 Å². The van der Waals surface area contributed by atoms with Crippen molar-refractivity contribution in [2.75, 3.05) is 18.9 Å². The summed E-state index contributed by atoms with van der Waals surface area (Å²) in [6.45, 7) is 0.217. The summed E-state index contributed by atoms with van der Waals surface area (Å²) in [4.78, 5) is 10.8. The molecule has 0 aliphatic rings. The highest BCUT2D eigenvalue weighted by atomic mass is 16.1. The van der Waals surface area contributed by atoms with E-state index < -0.39 is 0 Å². The predicted molar refractivity (Wildman–Crippen MR) is 44.6 cm³/mol. The summed E-state index contributed by atoms with van der Waals surface area (Å²) >= 11 is 0. The summed E-state index contributed by atoms with van der Waals surface area (Å²) in [6.07, 6.45) is 1.57. The molecule has 0 fully saturated rings. The third-order valence-corrected chi connectivity index (χ3v) is 1.28. The van der Waals surface area contributed by atoms with Crippen LogP contribution < -0.4 is 10.6 Å². The van der Waals surface area contributed by atoms with Gasteiger partial charge in [0.25, 0.3) is 0 Å². The van der Waals surface area contributed by atoms with Crippen LogP contribution >= 0.6 is 0 Å². The van der Waals surface area contributed by atoms with Crippen molar-refractivity contribution in [2.24, 2.45) is 0 Å². The molecule has 0 spiro atoms. The van der Waals surface area contributed by atoms with E-state index in [0.717, 1.165) is 0 Å². The van der Waals surface area contributed by atoms with Crippen molar-refractivity contribution < 1.29 is 4.79 Å². The maximum absolute atomic E-state index is 10.8. The first-order valence-electron chi connectivity index (χ1n) is 3.55. The maximum atomic E-state index is 10.8. The van der Waals surface area contributed by atoms with Crippen LogP contribution in [0.25, 0.3) is 0 Å². The van der Waals surface area contributed by atoms with Crippen LogP contribution in [0, 0.1) is 0 Å². The smallest absolute Gasteiger partial charge is 0.239 e. The number of carbonyl (C=O) groups excluding carboxylic acids is 1. The number of nitrogens with zero attached hydrogens (tertiary/aromatic N) is 2. The average molecular weight is 166 g/mol. The molecule has 0 aliphatic carbocycles. The van der Waals surface area contributed by atoms with Gasteiger partial charge in [0.1, 0.15) is 5.82 Å². The molecule has 1 heterocycles. The molecule has 12 heavy (non-hydrogen) atoms. The molecular weight excluding hydrogens is 156 g/mol. The Kier molecular flexibility index (Phi) is 3.01. The van der Waals surface area contributed by atoms with Crippen LogP contribution in [0.1, 0.15) is 0 Å². The second kappa shape index (κ2) is 4.27. The molecule has 0 unspecified atom stereocenters. The monoisotopic (exact) mass is 166 g/mol. The summed E-state index contributed by atoms with van der Waals surface area (Å²) in [7, 11) is 1.58. The summed E-state index contributed by atoms with van der Waals surface area (Å²) < 4.78 is 0. The summed E-state index contributed by atoms with van der Waals surface area (Å²) in [6, 6.07) is 3.50. The van der Waals surface area contributed by atoms with E-state index in [-0.39, 0.29) is 12.5 Å². The van der Waals surface area contributed by atoms with Gasteiger partial charge in [0.15, 0.2) is 0 Å². The number of rotatable bonds is 3. The Morgan fingerprint density at radius 1 is 1.67 bits per heavy atom. The molecule has 5 nitrogen and oxygen atoms in total. The maximum Gasteiger partial charge on any atom is 0.239 e. The molecule has 1 aromatic heterocycles. The van der Waals surface area contributed by atoms with E-state index in [9.17, 15) is 4.79 Å². The minimum absolute atomic E-state index is 0.0827. The summed E-state index contributed by atoms with van der Waals surface area (Å²) in [5.41, 5.74) is 0. The molecule has 64 valence electrons. The fraction of sp³-hybridized carbons (Fsp3) is 0.286. The lowest BCUT2D eigenvalue weighted by molar-refractivity contribution is -0.118. The number of anilines is 1. The molecule has 5 heteroatoms. The van der Waals surface area contributed by atoms with Gasteiger partial charge in [-0.25, -0.2) is 0 Å². The fourth-order valence-electron chi connectivity index (χ4n) is 0.655. The van der Waals surface area contributed by atoms with Gasteiger partial charge in [-0.3, -0.25) is 4.79 Å². The van der Waals surface area contributed by atoms with Crippen LogP contribution in [0.2, 0.25) is 0 Å². The number of likely N-dealkylation sites (N-methyl/N-ethyl adjacent to an activating group) is 1. The molecule has 0 bridgehead atoms. The van der Waals surface area contributed by atoms with Crippen LogP contribution in [-0.2, 0) is 4.79 Å². The van der Waals surface area contributed by atoms with Crippen LogP contribution in [0.3, 0.4) is 0 Å². The van der Waals surface area contributed by atoms with E-state index in [2.05, 4.69) is 20.8 Å². The normalized spacial score (nSPS) is 9.08. The number of carbonyl (C=O) groups is 1. The van der Waals surface area contributed by atoms with Crippen molar-refractivity contribution in [1.82, 2.24) is 15.5 Å². The second-order valence-corrected chi connectivity index (χ2v) is 2.14. The van der Waals surface area contributed by atoms with Crippen molar-refractivity contribution >= 4 is 11.7 Å². The minimum atomic E-state index is -0.0827. The van der Waals surface area contributed by atoms with Crippen molar-refractivity contribution in [2.45, 2.75) is 0 Å². The van der Waals surface area contributed by atoms with E-state index in [1.807, 2.05) is 0 Å². The Bertz CT molecular complexity index is 249. The van der Waals surface area contributed by atoms with Crippen LogP contribution in [0.4, 0.5) is 5.82 Å². The third kappa shape index (κ3) is 2.53. The Morgan fingerprint density at radius 3 is 3.08 bits per heavy atom. The van der Waals surface area contributed by atoms with Gasteiger partial charge in [-0.05, 0) is 12.1 Å². The molecule has 0 saturated heterocycles. The second-order valence-electron chi connectivity index (χ2n) is 2.14. The molecule has 0 saturated carbocycles. The summed E-state index contributed by atoms with van der Waals surface area (Å²) in [5.74, 6) is 0.516. The lowest BCUT2D eigenvalue weighted by Crippen LogP contribution is -2.26. The summed E-state index contributed by atoms with van der Waals surface area (Å²) in [5, 5.41) is 12.7. The first kappa shape index (κ1) is 8.45. The molecule has 0 aliphatic heterocycles. The van der Waals surface area contributed by atoms with E-state index in [0.29, 0.717) is 5.82 Å². The van der Waals surface area contributed by atoms with E-state index in [1.165, 1.54) is 0 Å². The SMILES string of the molecule is CNC(=O)CNc1cccnn1. The van der Waals surface area contributed by atoms with Gasteiger partial charge in [-0.2, -0.15) is 5.10 Å². The number of hydrogen-bond donors (Lipinski definition) is 2. The van der Waals surface area contributed by atoms with Gasteiger partial charge in [-0.15, -0.1) is 5.10 Å². The van der Waals surface area contributed by atoms with Crippen LogP contribution in [0.5, 0.6) is 0 Å². The highest BCUT2D eigenvalue weighted by Crippen LogP contribution is 1.95. The lowest BCUT2D eigenvalue weighted by Gasteiger charge is -2.01. The third-order valence-electron chi connectivity index (χ3n) is 1.28. The van der Waals surface area contributed by atoms with Crippen molar-refractivity contribution in [3.63, 3.8) is 0 Å². The van der Waals surface area contributed by atoms with Crippen LogP contribution in [-0.4, -0.2) is 29.7 Å². The van der Waals surface area contributed by atoms with Gasteiger partial charge >= 0.3 is 0 Å². The van der Waals surface area contributed by atoms with Gasteiger partial charge < -0.3 is 10.6 Å². The Balaban J connectivity index is 2.38. The quantitative estimate of drug-likeness (QED) is 0.643. The Hall–Kier alpha value is -1.65. The van der Waals surface area contributed by atoms with Gasteiger partial charge in [0.2, 0.25) is 5.91 Å². The number of amides is 1. The highest BCUT2D eigenvalue weighted by Gasteiger charge is 1.96. The topological polar surface area (TPSA) is 66.9 Å². The largest absolute Gasteiger partial charge is 0.360 e. The van der Waals surface area contributed by atoms with Crippen LogP contribution in [0.15, 0.2) is 18.3 Å².